The predicted molar refractivity (Wildman–Crippen MR) is 140 cm³/mol. The Labute approximate surface area is 208 Å². The largest absolute Gasteiger partial charge is 0.493 e. The third kappa shape index (κ3) is 4.21. The molecule has 7 heteroatoms. The lowest BCUT2D eigenvalue weighted by Crippen LogP contribution is -2.36. The summed E-state index contributed by atoms with van der Waals surface area (Å²) in [6, 6.07) is 14.0. The predicted octanol–water partition coefficient (Wildman–Crippen LogP) is 5.96. The van der Waals surface area contributed by atoms with E-state index in [0.717, 1.165) is 34.8 Å². The molecule has 0 spiro atoms. The Bertz CT molecular complexity index is 1420. The van der Waals surface area contributed by atoms with Gasteiger partial charge < -0.3 is 14.4 Å². The van der Waals surface area contributed by atoms with Gasteiger partial charge in [-0.15, -0.1) is 11.3 Å². The van der Waals surface area contributed by atoms with E-state index in [1.807, 2.05) is 69.4 Å². The van der Waals surface area contributed by atoms with Crippen LogP contribution in [0.2, 0.25) is 0 Å². The van der Waals surface area contributed by atoms with Gasteiger partial charge in [0.25, 0.3) is 5.91 Å². The Kier molecular flexibility index (Phi) is 5.78. The van der Waals surface area contributed by atoms with E-state index >= 15 is 0 Å². The van der Waals surface area contributed by atoms with Gasteiger partial charge in [-0.1, -0.05) is 30.3 Å². The van der Waals surface area contributed by atoms with E-state index in [9.17, 15) is 4.79 Å². The Balaban J connectivity index is 1.37. The molecule has 0 radical (unpaired) electrons. The minimum atomic E-state index is -0.0291. The van der Waals surface area contributed by atoms with Crippen molar-refractivity contribution < 1.29 is 14.3 Å². The van der Waals surface area contributed by atoms with E-state index in [1.165, 1.54) is 29.7 Å². The second kappa shape index (κ2) is 9.23. The first-order chi connectivity index (χ1) is 17.2. The van der Waals surface area contributed by atoms with Gasteiger partial charge in [0.05, 0.1) is 19.4 Å². The summed E-state index contributed by atoms with van der Waals surface area (Å²) < 4.78 is 13.6. The van der Waals surface area contributed by atoms with E-state index in [-0.39, 0.29) is 5.91 Å². The number of anilines is 1. The first-order valence-electron chi connectivity index (χ1n) is 12.1. The lowest BCUT2D eigenvalue weighted by Gasteiger charge is -2.29. The lowest BCUT2D eigenvalue weighted by atomic mass is 10.0. The summed E-state index contributed by atoms with van der Waals surface area (Å²) in [6.07, 6.45) is 10.2. The molecule has 1 aliphatic heterocycles. The van der Waals surface area contributed by atoms with Crippen LogP contribution in [0.3, 0.4) is 0 Å². The Morgan fingerprint density at radius 2 is 2.06 bits per heavy atom. The standard InChI is InChI=1S/C28H27N3O3S/c1-33-24-10-4-7-21(26(24)34-18-19-11-12-19)13-14-22-25(31-16-17-35-28(31)29-22)27(32)30-15-5-8-20-6-2-3-9-23(20)30/h2-4,6-7,9-10,13-14,16-17,19H,5,8,11-12,15,18H2,1H3. The molecule has 1 aliphatic carbocycles. The van der Waals surface area contributed by atoms with Crippen molar-refractivity contribution in [3.8, 4) is 11.5 Å². The van der Waals surface area contributed by atoms with Gasteiger partial charge in [0.15, 0.2) is 16.5 Å². The monoisotopic (exact) mass is 485 g/mol. The normalized spacial score (nSPS) is 15.5. The number of hydrogen-bond acceptors (Lipinski definition) is 5. The molecule has 1 amide bonds. The minimum absolute atomic E-state index is 0.0291. The maximum absolute atomic E-state index is 13.9. The van der Waals surface area contributed by atoms with Gasteiger partial charge in [0.2, 0.25) is 0 Å². The number of methoxy groups -OCH3 is 1. The number of aromatic nitrogens is 2. The van der Waals surface area contributed by atoms with Gasteiger partial charge in [-0.25, -0.2) is 4.98 Å². The zero-order valence-electron chi connectivity index (χ0n) is 19.6. The number of nitrogens with zero attached hydrogens (tertiary/aromatic N) is 3. The molecular formula is C28H27N3O3S. The quantitative estimate of drug-likeness (QED) is 0.324. The highest BCUT2D eigenvalue weighted by Gasteiger charge is 2.28. The number of ether oxygens (including phenoxy) is 2. The third-order valence-electron chi connectivity index (χ3n) is 6.66. The van der Waals surface area contributed by atoms with Crippen molar-refractivity contribution in [1.82, 2.24) is 9.38 Å². The number of benzene rings is 2. The SMILES string of the molecule is COc1cccc(C=Cc2nc3sccn3c2C(=O)N2CCCc3ccccc32)c1OCC1CC1. The summed E-state index contributed by atoms with van der Waals surface area (Å²) in [5, 5.41) is 1.96. The molecule has 4 aromatic rings. The van der Waals surface area contributed by atoms with Crippen molar-refractivity contribution in [3.63, 3.8) is 0 Å². The highest BCUT2D eigenvalue weighted by molar-refractivity contribution is 7.15. The second-order valence-electron chi connectivity index (χ2n) is 9.06. The first kappa shape index (κ1) is 21.9. The summed E-state index contributed by atoms with van der Waals surface area (Å²) >= 11 is 1.52. The summed E-state index contributed by atoms with van der Waals surface area (Å²) in [5.74, 6) is 2.05. The Hall–Kier alpha value is -3.58. The van der Waals surface area contributed by atoms with Crippen LogP contribution in [0.1, 0.15) is 46.6 Å². The molecule has 0 saturated heterocycles. The van der Waals surface area contributed by atoms with E-state index in [2.05, 4.69) is 6.07 Å². The van der Waals surface area contributed by atoms with Crippen LogP contribution in [-0.2, 0) is 6.42 Å². The molecule has 2 aliphatic rings. The van der Waals surface area contributed by atoms with Crippen molar-refractivity contribution in [2.45, 2.75) is 25.7 Å². The smallest absolute Gasteiger partial charge is 0.277 e. The molecule has 0 N–H and O–H groups in total. The highest BCUT2D eigenvalue weighted by Crippen LogP contribution is 2.36. The van der Waals surface area contributed by atoms with Crippen LogP contribution in [0.5, 0.6) is 11.5 Å². The molecule has 0 unspecified atom stereocenters. The van der Waals surface area contributed by atoms with Crippen LogP contribution in [0.4, 0.5) is 5.69 Å². The molecule has 178 valence electrons. The van der Waals surface area contributed by atoms with Crippen molar-refractivity contribution in [1.29, 1.82) is 0 Å². The van der Waals surface area contributed by atoms with Crippen LogP contribution < -0.4 is 14.4 Å². The van der Waals surface area contributed by atoms with Crippen LogP contribution >= 0.6 is 11.3 Å². The third-order valence-corrected chi connectivity index (χ3v) is 7.41. The molecule has 1 fully saturated rings. The molecule has 35 heavy (non-hydrogen) atoms. The van der Waals surface area contributed by atoms with E-state index in [4.69, 9.17) is 14.5 Å². The van der Waals surface area contributed by atoms with E-state index in [0.29, 0.717) is 36.2 Å². The highest BCUT2D eigenvalue weighted by atomic mass is 32.1. The molecule has 6 rings (SSSR count). The van der Waals surface area contributed by atoms with Gasteiger partial charge in [0.1, 0.15) is 5.69 Å². The van der Waals surface area contributed by atoms with E-state index in [1.54, 1.807) is 7.11 Å². The molecule has 0 atom stereocenters. The summed E-state index contributed by atoms with van der Waals surface area (Å²) in [5.41, 5.74) is 4.35. The number of carbonyl (C=O) groups excluding carboxylic acids is 1. The number of fused-ring (bicyclic) bond motifs is 2. The first-order valence-corrected chi connectivity index (χ1v) is 12.9. The van der Waals surface area contributed by atoms with Crippen LogP contribution in [0, 0.1) is 5.92 Å². The number of aryl methyl sites for hydroxylation is 1. The number of thiazole rings is 1. The molecule has 3 heterocycles. The average Bonchev–Trinajstić information content (AvgIpc) is 3.51. The number of carbonyl (C=O) groups is 1. The zero-order chi connectivity index (χ0) is 23.8. The number of rotatable bonds is 7. The summed E-state index contributed by atoms with van der Waals surface area (Å²) in [6.45, 7) is 1.39. The average molecular weight is 486 g/mol. The molecular weight excluding hydrogens is 458 g/mol. The Morgan fingerprint density at radius 1 is 1.17 bits per heavy atom. The number of imidazole rings is 1. The molecule has 6 nitrogen and oxygen atoms in total. The maximum Gasteiger partial charge on any atom is 0.277 e. The van der Waals surface area contributed by atoms with Crippen molar-refractivity contribution in [2.24, 2.45) is 5.92 Å². The fourth-order valence-electron chi connectivity index (χ4n) is 4.64. The molecule has 2 aromatic heterocycles. The fraction of sp³-hybridized carbons (Fsp3) is 0.286. The van der Waals surface area contributed by atoms with Gasteiger partial charge >= 0.3 is 0 Å². The summed E-state index contributed by atoms with van der Waals surface area (Å²) in [4.78, 5) is 21.4. The van der Waals surface area contributed by atoms with Gasteiger partial charge in [-0.3, -0.25) is 9.20 Å². The second-order valence-corrected chi connectivity index (χ2v) is 9.93. The van der Waals surface area contributed by atoms with E-state index < -0.39 is 0 Å². The van der Waals surface area contributed by atoms with Crippen molar-refractivity contribution in [3.05, 3.63) is 76.6 Å². The van der Waals surface area contributed by atoms with Gasteiger partial charge in [-0.05, 0) is 61.4 Å². The van der Waals surface area contributed by atoms with Crippen molar-refractivity contribution >= 4 is 40.0 Å². The van der Waals surface area contributed by atoms with Crippen LogP contribution in [0.25, 0.3) is 17.1 Å². The number of amides is 1. The minimum Gasteiger partial charge on any atom is -0.493 e. The van der Waals surface area contributed by atoms with Gasteiger partial charge in [-0.2, -0.15) is 0 Å². The molecule has 0 bridgehead atoms. The number of hydrogen-bond donors (Lipinski definition) is 0. The fourth-order valence-corrected chi connectivity index (χ4v) is 5.36. The summed E-state index contributed by atoms with van der Waals surface area (Å²) in [7, 11) is 1.66. The topological polar surface area (TPSA) is 56.1 Å². The lowest BCUT2D eigenvalue weighted by molar-refractivity contribution is 0.0979. The maximum atomic E-state index is 13.9. The molecule has 2 aromatic carbocycles. The zero-order valence-corrected chi connectivity index (χ0v) is 20.5. The number of para-hydroxylation sites is 2. The molecule has 1 saturated carbocycles. The van der Waals surface area contributed by atoms with Gasteiger partial charge in [0, 0.05) is 29.4 Å². The van der Waals surface area contributed by atoms with Crippen LogP contribution in [0.15, 0.2) is 54.0 Å². The van der Waals surface area contributed by atoms with Crippen molar-refractivity contribution in [2.75, 3.05) is 25.2 Å². The Morgan fingerprint density at radius 3 is 2.91 bits per heavy atom. The van der Waals surface area contributed by atoms with Crippen LogP contribution in [-0.4, -0.2) is 35.6 Å².